The van der Waals surface area contributed by atoms with E-state index in [-0.39, 0.29) is 72.4 Å². The van der Waals surface area contributed by atoms with Crippen LogP contribution in [0.3, 0.4) is 0 Å². The first-order valence-electron chi connectivity index (χ1n) is 2.04. The van der Waals surface area contributed by atoms with Crippen molar-refractivity contribution < 1.29 is 82.5 Å². The summed E-state index contributed by atoms with van der Waals surface area (Å²) in [5, 5.41) is 7.97. The number of hydrogen-bond donors (Lipinski definition) is 2. The molecule has 0 aromatic heterocycles. The van der Waals surface area contributed by atoms with Gasteiger partial charge >= 0.3 is 51.4 Å². The van der Waals surface area contributed by atoms with Crippen molar-refractivity contribution in [3.8, 4) is 0 Å². The van der Waals surface area contributed by atoms with E-state index in [4.69, 9.17) is 5.21 Å². The van der Waals surface area contributed by atoms with Crippen LogP contribution in [0.4, 0.5) is 0 Å². The molecule has 0 spiro atoms. The molecule has 0 aliphatic rings. The minimum Gasteiger partial charge on any atom is -0.360 e. The molecular weight excluding hydrogens is 348 g/mol. The molecule has 0 aliphatic heterocycles. The summed E-state index contributed by atoms with van der Waals surface area (Å²) in [5.74, 6) is -0.995. The van der Waals surface area contributed by atoms with Crippen LogP contribution in [0, 0.1) is 19.0 Å². The zero-order chi connectivity index (χ0) is 6.57. The van der Waals surface area contributed by atoms with Crippen molar-refractivity contribution in [3.05, 3.63) is 13.1 Å². The predicted octanol–water partition coefficient (Wildman–Crippen LogP) is -3.02. The second kappa shape index (κ2) is 11.2. The van der Waals surface area contributed by atoms with Gasteiger partial charge in [0, 0.05) is 21.1 Å². The fraction of sp³-hybridized carbons (Fsp3) is 0.250. The fourth-order valence-corrected chi connectivity index (χ4v) is 0.345. The predicted molar refractivity (Wildman–Crippen MR) is 32.8 cm³/mol. The average molecular weight is 356 g/mol. The first-order chi connectivity index (χ1) is 3.72. The van der Waals surface area contributed by atoms with E-state index < -0.39 is 11.8 Å². The second-order valence-corrected chi connectivity index (χ2v) is 1.66. The van der Waals surface area contributed by atoms with Crippen LogP contribution in [-0.2, 0) is 25.9 Å². The van der Waals surface area contributed by atoms with E-state index in [0.717, 1.165) is 0 Å². The Morgan fingerprint density at radius 2 is 2.20 bits per heavy atom. The molecule has 2 unspecified atom stereocenters. The van der Waals surface area contributed by atoms with Crippen molar-refractivity contribution in [3.63, 3.8) is 0 Å². The molecule has 0 fully saturated rings. The van der Waals surface area contributed by atoms with Gasteiger partial charge in [-0.25, -0.2) is 11.4 Å². The van der Waals surface area contributed by atoms with Gasteiger partial charge in [-0.3, -0.25) is 10.0 Å². The maximum Gasteiger partial charge on any atom is 1.00 e. The van der Waals surface area contributed by atoms with Crippen LogP contribution in [0.2, 0.25) is 0 Å². The van der Waals surface area contributed by atoms with Gasteiger partial charge in [0.1, 0.15) is 0 Å². The molecule has 54 valence electrons. The van der Waals surface area contributed by atoms with Crippen molar-refractivity contribution in [2.45, 2.75) is 0 Å². The number of amides is 1. The first kappa shape index (κ1) is 18.1. The molecule has 0 radical (unpaired) electrons. The number of hydrogen-bond acceptors (Lipinski definition) is 2. The maximum atomic E-state index is 10.3. The normalized spacial score (nSPS) is 10.3. The van der Waals surface area contributed by atoms with E-state index in [9.17, 15) is 4.79 Å². The maximum absolute atomic E-state index is 10.3. The van der Waals surface area contributed by atoms with Crippen molar-refractivity contribution >= 4 is 15.1 Å². The summed E-state index contributed by atoms with van der Waals surface area (Å²) in [6, 6.07) is 0. The Bertz CT molecular complexity index is 95.3. The van der Waals surface area contributed by atoms with Gasteiger partial charge in [-0.2, -0.15) is 0 Å². The van der Waals surface area contributed by atoms with Crippen molar-refractivity contribution in [2.24, 2.45) is 5.92 Å². The molecule has 3 nitrogen and oxygen atoms in total. The SMILES string of the molecule is [CH2-]C([CH-]P)C(=O)NO.[K+].[W]. The number of rotatable bonds is 2. The van der Waals surface area contributed by atoms with E-state index in [1.54, 1.807) is 0 Å². The van der Waals surface area contributed by atoms with Crippen LogP contribution in [0.1, 0.15) is 0 Å². The zero-order valence-electron chi connectivity index (χ0n) is 5.70. The van der Waals surface area contributed by atoms with E-state index in [0.29, 0.717) is 0 Å². The van der Waals surface area contributed by atoms with Crippen LogP contribution in [0.25, 0.3) is 0 Å². The molecule has 2 atom stereocenters. The number of carbonyl (C=O) groups is 1. The van der Waals surface area contributed by atoms with Gasteiger partial charge in [-0.15, -0.1) is 0 Å². The summed E-state index contributed by atoms with van der Waals surface area (Å²) < 4.78 is 0. The van der Waals surface area contributed by atoms with Crippen LogP contribution < -0.4 is 56.9 Å². The Morgan fingerprint density at radius 3 is 2.30 bits per heavy atom. The Labute approximate surface area is 120 Å². The fourth-order valence-electron chi connectivity index (χ4n) is 0.170. The largest absolute Gasteiger partial charge is 1.00 e. The van der Waals surface area contributed by atoms with Gasteiger partial charge < -0.3 is 22.3 Å². The molecule has 0 saturated carbocycles. The molecular formula is C4H8KNO2PW-. The third-order valence-corrected chi connectivity index (χ3v) is 1.14. The summed E-state index contributed by atoms with van der Waals surface area (Å²) in [4.78, 5) is 10.3. The molecule has 10 heavy (non-hydrogen) atoms. The Kier molecular flexibility index (Phi) is 20.2. The summed E-state index contributed by atoms with van der Waals surface area (Å²) in [5.41, 5.74) is 1.47. The third kappa shape index (κ3) is 8.28. The van der Waals surface area contributed by atoms with Gasteiger partial charge in [0.2, 0.25) is 0 Å². The topological polar surface area (TPSA) is 49.3 Å². The van der Waals surface area contributed by atoms with Crippen LogP contribution in [0.15, 0.2) is 0 Å². The second-order valence-electron chi connectivity index (χ2n) is 1.27. The molecule has 0 aliphatic carbocycles. The number of nitrogens with one attached hydrogen (secondary N) is 1. The van der Waals surface area contributed by atoms with Gasteiger partial charge in [-0.05, 0) is 0 Å². The first-order valence-corrected chi connectivity index (χ1v) is 2.71. The molecule has 0 aromatic carbocycles. The van der Waals surface area contributed by atoms with Crippen molar-refractivity contribution in [2.75, 3.05) is 0 Å². The van der Waals surface area contributed by atoms with Crippen molar-refractivity contribution in [1.29, 1.82) is 0 Å². The Hall–Kier alpha value is 2.18. The molecule has 0 rings (SSSR count). The minimum absolute atomic E-state index is 0. The molecule has 0 aromatic rings. The van der Waals surface area contributed by atoms with E-state index in [1.807, 2.05) is 0 Å². The quantitative estimate of drug-likeness (QED) is 0.182. The standard InChI is InChI=1S/C4H8NO2P.K.W/c1-3(2-8)4(6)5-7;;/h2-3,7H,1,8H2,(H,5,6);;/q-2;+1;. The van der Waals surface area contributed by atoms with E-state index in [1.165, 1.54) is 11.6 Å². The molecule has 6 heteroatoms. The molecule has 0 heterocycles. The molecule has 2 N–H and O–H groups in total. The summed E-state index contributed by atoms with van der Waals surface area (Å²) >= 11 is 0. The van der Waals surface area contributed by atoms with Gasteiger partial charge in [0.05, 0.1) is 0 Å². The smallest absolute Gasteiger partial charge is 0.360 e. The van der Waals surface area contributed by atoms with Crippen LogP contribution in [-0.4, -0.2) is 11.1 Å². The van der Waals surface area contributed by atoms with Crippen LogP contribution >= 0.6 is 9.24 Å². The van der Waals surface area contributed by atoms with Gasteiger partial charge in [-0.1, -0.05) is 0 Å². The monoisotopic (exact) mass is 356 g/mol. The summed E-state index contributed by atoms with van der Waals surface area (Å²) in [7, 11) is 2.23. The summed E-state index contributed by atoms with van der Waals surface area (Å²) in [6.07, 6.45) is 1.51. The summed E-state index contributed by atoms with van der Waals surface area (Å²) in [6.45, 7) is 3.38. The van der Waals surface area contributed by atoms with E-state index in [2.05, 4.69) is 16.2 Å². The molecule has 0 bridgehead atoms. The van der Waals surface area contributed by atoms with Gasteiger partial charge in [0.15, 0.2) is 5.91 Å². The minimum atomic E-state index is -0.500. The van der Waals surface area contributed by atoms with E-state index >= 15 is 0 Å². The Morgan fingerprint density at radius 1 is 1.80 bits per heavy atom. The van der Waals surface area contributed by atoms with Gasteiger partial charge in [0.25, 0.3) is 0 Å². The van der Waals surface area contributed by atoms with Crippen molar-refractivity contribution in [1.82, 2.24) is 5.48 Å². The zero-order valence-corrected chi connectivity index (χ0v) is 12.9. The Balaban J connectivity index is -0.000000245. The molecule has 1 amide bonds. The number of carbonyl (C=O) groups excluding carboxylic acids is 1. The number of hydroxylamine groups is 1. The molecule has 0 saturated heterocycles. The van der Waals surface area contributed by atoms with Crippen LogP contribution in [0.5, 0.6) is 0 Å². The average Bonchev–Trinajstić information content (AvgIpc) is 1.84. The third-order valence-electron chi connectivity index (χ3n) is 0.679.